The van der Waals surface area contributed by atoms with Gasteiger partial charge in [-0.25, -0.2) is 8.42 Å². The molecular formula is C18H28N2O4S. The summed E-state index contributed by atoms with van der Waals surface area (Å²) in [4.78, 5) is 12.1. The topological polar surface area (TPSA) is 75.7 Å². The van der Waals surface area contributed by atoms with E-state index in [-0.39, 0.29) is 24.9 Å². The van der Waals surface area contributed by atoms with Crippen LogP contribution in [0.1, 0.15) is 44.1 Å². The van der Waals surface area contributed by atoms with E-state index in [9.17, 15) is 13.2 Å². The first-order chi connectivity index (χ1) is 11.9. The van der Waals surface area contributed by atoms with Gasteiger partial charge in [-0.3, -0.25) is 4.79 Å². The lowest BCUT2D eigenvalue weighted by Gasteiger charge is -2.32. The first-order valence-corrected chi connectivity index (χ1v) is 10.6. The molecular weight excluding hydrogens is 340 g/mol. The van der Waals surface area contributed by atoms with Gasteiger partial charge in [-0.1, -0.05) is 31.4 Å². The van der Waals surface area contributed by atoms with Crippen LogP contribution in [-0.4, -0.2) is 44.6 Å². The van der Waals surface area contributed by atoms with Gasteiger partial charge >= 0.3 is 0 Å². The van der Waals surface area contributed by atoms with Gasteiger partial charge in [-0.05, 0) is 30.5 Å². The lowest BCUT2D eigenvalue weighted by Crippen LogP contribution is -2.42. The van der Waals surface area contributed by atoms with E-state index >= 15 is 0 Å². The lowest BCUT2D eigenvalue weighted by molar-refractivity contribution is -0.121. The third-order valence-corrected chi connectivity index (χ3v) is 5.95. The predicted molar refractivity (Wildman–Crippen MR) is 97.9 cm³/mol. The highest BCUT2D eigenvalue weighted by atomic mass is 32.2. The molecule has 0 atom stereocenters. The van der Waals surface area contributed by atoms with Gasteiger partial charge in [-0.15, -0.1) is 0 Å². The molecule has 1 aromatic rings. The summed E-state index contributed by atoms with van der Waals surface area (Å²) in [5.74, 6) is 0.631. The number of hydrogen-bond donors (Lipinski definition) is 1. The van der Waals surface area contributed by atoms with E-state index in [4.69, 9.17) is 4.74 Å². The van der Waals surface area contributed by atoms with Crippen molar-refractivity contribution in [1.82, 2.24) is 9.62 Å². The van der Waals surface area contributed by atoms with Gasteiger partial charge in [0.1, 0.15) is 5.75 Å². The molecule has 1 N–H and O–H groups in total. The van der Waals surface area contributed by atoms with Gasteiger partial charge in [0.05, 0.1) is 13.4 Å². The third-order valence-electron chi connectivity index (χ3n) is 4.62. The van der Waals surface area contributed by atoms with Crippen LogP contribution in [0.15, 0.2) is 24.3 Å². The van der Waals surface area contributed by atoms with Crippen molar-refractivity contribution < 1.29 is 17.9 Å². The van der Waals surface area contributed by atoms with E-state index in [1.807, 2.05) is 24.3 Å². The van der Waals surface area contributed by atoms with Crippen molar-refractivity contribution in [3.8, 4) is 5.75 Å². The maximum atomic E-state index is 12.1. The zero-order chi connectivity index (χ0) is 18.3. The molecule has 0 unspecified atom stereocenters. The summed E-state index contributed by atoms with van der Waals surface area (Å²) < 4.78 is 30.7. The first kappa shape index (κ1) is 19.7. The van der Waals surface area contributed by atoms with Crippen LogP contribution in [0.25, 0.3) is 0 Å². The molecule has 1 aliphatic rings. The van der Waals surface area contributed by atoms with Crippen molar-refractivity contribution in [3.05, 3.63) is 29.8 Å². The number of carbonyl (C=O) groups is 1. The van der Waals surface area contributed by atoms with Gasteiger partial charge in [0, 0.05) is 25.6 Å². The number of ether oxygens (including phenoxy) is 1. The van der Waals surface area contributed by atoms with E-state index in [0.29, 0.717) is 6.54 Å². The molecule has 0 radical (unpaired) electrons. The molecule has 1 saturated carbocycles. The standard InChI is InChI=1S/C18H28N2O4S/c1-24-17-10-8-15(9-11-17)14-19-18(21)12-13-20(25(2,22)23)16-6-4-3-5-7-16/h8-11,16H,3-7,12-14H2,1-2H3,(H,19,21). The first-order valence-electron chi connectivity index (χ1n) is 8.76. The van der Waals surface area contributed by atoms with E-state index in [1.54, 1.807) is 7.11 Å². The van der Waals surface area contributed by atoms with Gasteiger partial charge in [-0.2, -0.15) is 4.31 Å². The molecule has 0 bridgehead atoms. The van der Waals surface area contributed by atoms with E-state index in [2.05, 4.69) is 5.32 Å². The molecule has 25 heavy (non-hydrogen) atoms. The summed E-state index contributed by atoms with van der Waals surface area (Å²) in [6.45, 7) is 0.670. The minimum atomic E-state index is -3.30. The van der Waals surface area contributed by atoms with Crippen molar-refractivity contribution in [3.63, 3.8) is 0 Å². The number of amides is 1. The minimum Gasteiger partial charge on any atom is -0.497 e. The molecule has 1 amide bonds. The van der Waals surface area contributed by atoms with Gasteiger partial charge in [0.2, 0.25) is 15.9 Å². The molecule has 7 heteroatoms. The van der Waals surface area contributed by atoms with Crippen molar-refractivity contribution >= 4 is 15.9 Å². The smallest absolute Gasteiger partial charge is 0.221 e. The second-order valence-electron chi connectivity index (χ2n) is 6.54. The maximum absolute atomic E-state index is 12.1. The third kappa shape index (κ3) is 6.32. The number of nitrogens with zero attached hydrogens (tertiary/aromatic N) is 1. The molecule has 0 saturated heterocycles. The van der Waals surface area contributed by atoms with Crippen molar-refractivity contribution in [2.45, 2.75) is 51.1 Å². The van der Waals surface area contributed by atoms with Crippen molar-refractivity contribution in [2.75, 3.05) is 19.9 Å². The Bertz CT molecular complexity index is 652. The molecule has 2 rings (SSSR count). The van der Waals surface area contributed by atoms with Crippen LogP contribution in [-0.2, 0) is 21.4 Å². The number of benzene rings is 1. The summed E-state index contributed by atoms with van der Waals surface area (Å²) in [5.41, 5.74) is 0.974. The molecule has 140 valence electrons. The average molecular weight is 368 g/mol. The van der Waals surface area contributed by atoms with Crippen LogP contribution < -0.4 is 10.1 Å². The second kappa shape index (κ2) is 9.20. The normalized spacial score (nSPS) is 16.0. The monoisotopic (exact) mass is 368 g/mol. The molecule has 0 heterocycles. The van der Waals surface area contributed by atoms with Gasteiger partial charge in [0.25, 0.3) is 0 Å². The SMILES string of the molecule is COc1ccc(CNC(=O)CCN(C2CCCCC2)S(C)(=O)=O)cc1. The van der Waals surface area contributed by atoms with E-state index in [1.165, 1.54) is 10.6 Å². The number of sulfonamides is 1. The summed E-state index contributed by atoms with van der Waals surface area (Å²) in [6.07, 6.45) is 6.47. The largest absolute Gasteiger partial charge is 0.497 e. The average Bonchev–Trinajstić information content (AvgIpc) is 2.60. The fourth-order valence-electron chi connectivity index (χ4n) is 3.23. The zero-order valence-electron chi connectivity index (χ0n) is 15.0. The summed E-state index contributed by atoms with van der Waals surface area (Å²) in [5, 5.41) is 2.84. The Morgan fingerprint density at radius 3 is 2.40 bits per heavy atom. The summed E-state index contributed by atoms with van der Waals surface area (Å²) >= 11 is 0. The van der Waals surface area contributed by atoms with E-state index < -0.39 is 10.0 Å². The minimum absolute atomic E-state index is 0.0399. The molecule has 1 fully saturated rings. The number of hydrogen-bond acceptors (Lipinski definition) is 4. The Morgan fingerprint density at radius 2 is 1.84 bits per heavy atom. The fourth-order valence-corrected chi connectivity index (χ4v) is 4.41. The molecule has 0 aromatic heterocycles. The number of methoxy groups -OCH3 is 1. The molecule has 0 spiro atoms. The van der Waals surface area contributed by atoms with Gasteiger partial charge < -0.3 is 10.1 Å². The second-order valence-corrected chi connectivity index (χ2v) is 8.48. The van der Waals surface area contributed by atoms with Crippen molar-refractivity contribution in [1.29, 1.82) is 0 Å². The Balaban J connectivity index is 1.83. The maximum Gasteiger partial charge on any atom is 0.221 e. The van der Waals surface area contributed by atoms with Crippen LogP contribution in [0.5, 0.6) is 5.75 Å². The lowest BCUT2D eigenvalue weighted by atomic mass is 9.95. The van der Waals surface area contributed by atoms with Gasteiger partial charge in [0.15, 0.2) is 0 Å². The molecule has 6 nitrogen and oxygen atoms in total. The number of rotatable bonds is 8. The van der Waals surface area contributed by atoms with Crippen molar-refractivity contribution in [2.24, 2.45) is 0 Å². The Kier molecular flexibility index (Phi) is 7.25. The number of nitrogens with one attached hydrogen (secondary N) is 1. The molecule has 1 aromatic carbocycles. The zero-order valence-corrected chi connectivity index (χ0v) is 15.8. The summed E-state index contributed by atoms with van der Waals surface area (Å²) in [7, 11) is -1.69. The predicted octanol–water partition coefficient (Wildman–Crippen LogP) is 2.30. The van der Waals surface area contributed by atoms with Crippen LogP contribution in [0.2, 0.25) is 0 Å². The Labute approximate surface area is 150 Å². The molecule has 1 aliphatic carbocycles. The highest BCUT2D eigenvalue weighted by Gasteiger charge is 2.28. The van der Waals surface area contributed by atoms with Crippen LogP contribution in [0.3, 0.4) is 0 Å². The Morgan fingerprint density at radius 1 is 1.20 bits per heavy atom. The van der Waals surface area contributed by atoms with E-state index in [0.717, 1.165) is 43.4 Å². The highest BCUT2D eigenvalue weighted by molar-refractivity contribution is 7.88. The molecule has 0 aliphatic heterocycles. The Hall–Kier alpha value is -1.60. The highest BCUT2D eigenvalue weighted by Crippen LogP contribution is 2.24. The summed E-state index contributed by atoms with van der Waals surface area (Å²) in [6, 6.07) is 7.51. The van der Waals surface area contributed by atoms with Crippen LogP contribution in [0, 0.1) is 0 Å². The number of carbonyl (C=O) groups excluding carboxylic acids is 1. The fraction of sp³-hybridized carbons (Fsp3) is 0.611. The quantitative estimate of drug-likeness (QED) is 0.764. The van der Waals surface area contributed by atoms with Crippen LogP contribution in [0.4, 0.5) is 0 Å². The van der Waals surface area contributed by atoms with Crippen LogP contribution >= 0.6 is 0 Å².